The molecule has 0 amide bonds. The van der Waals surface area contributed by atoms with Crippen molar-refractivity contribution in [1.82, 2.24) is 4.90 Å². The van der Waals surface area contributed by atoms with Gasteiger partial charge in [-0.25, -0.2) is 0 Å². The Hall–Kier alpha value is -1.35. The fraction of sp³-hybridized carbons (Fsp3) is 0.611. The van der Waals surface area contributed by atoms with Gasteiger partial charge in [0.15, 0.2) is 0 Å². The van der Waals surface area contributed by atoms with Crippen LogP contribution in [0, 0.1) is 11.8 Å². The number of carboxylic acid groups (broad SMARTS) is 1. The number of carboxylic acids is 1. The van der Waals surface area contributed by atoms with Gasteiger partial charge in [0.25, 0.3) is 0 Å². The Morgan fingerprint density at radius 1 is 1.19 bits per heavy atom. The lowest BCUT2D eigenvalue weighted by Crippen LogP contribution is -2.51. The van der Waals surface area contributed by atoms with Gasteiger partial charge in [-0.3, -0.25) is 9.69 Å². The Bertz CT molecular complexity index is 495. The van der Waals surface area contributed by atoms with Gasteiger partial charge in [0.1, 0.15) is 0 Å². The highest BCUT2D eigenvalue weighted by Crippen LogP contribution is 2.33. The summed E-state index contributed by atoms with van der Waals surface area (Å²) in [5.74, 6) is -0.627. The van der Waals surface area contributed by atoms with Crippen LogP contribution >= 0.6 is 0 Å². The quantitative estimate of drug-likeness (QED) is 0.919. The molecule has 3 heteroatoms. The van der Waals surface area contributed by atoms with E-state index in [1.807, 2.05) is 6.92 Å². The van der Waals surface area contributed by atoms with Crippen molar-refractivity contribution in [2.75, 3.05) is 13.1 Å². The van der Waals surface area contributed by atoms with Gasteiger partial charge in [0.2, 0.25) is 0 Å². The summed E-state index contributed by atoms with van der Waals surface area (Å²) in [5, 5.41) is 9.05. The van der Waals surface area contributed by atoms with Crippen LogP contribution in [0.4, 0.5) is 0 Å². The molecular weight excluding hydrogens is 262 g/mol. The fourth-order valence-corrected chi connectivity index (χ4v) is 2.86. The molecule has 1 heterocycles. The molecule has 21 heavy (non-hydrogen) atoms. The van der Waals surface area contributed by atoms with Crippen LogP contribution in [-0.2, 0) is 10.2 Å². The van der Waals surface area contributed by atoms with E-state index in [0.29, 0.717) is 12.0 Å². The predicted octanol–water partition coefficient (Wildman–Crippen LogP) is 3.70. The van der Waals surface area contributed by atoms with E-state index >= 15 is 0 Å². The minimum absolute atomic E-state index is 0.181. The molecule has 0 spiro atoms. The lowest BCUT2D eigenvalue weighted by molar-refractivity contribution is -0.146. The first-order chi connectivity index (χ1) is 9.70. The van der Waals surface area contributed by atoms with E-state index in [1.54, 1.807) is 0 Å². The van der Waals surface area contributed by atoms with Crippen LogP contribution < -0.4 is 0 Å². The Morgan fingerprint density at radius 3 is 2.14 bits per heavy atom. The highest BCUT2D eigenvalue weighted by Gasteiger charge is 2.37. The molecule has 1 aliphatic rings. The van der Waals surface area contributed by atoms with E-state index in [-0.39, 0.29) is 11.3 Å². The normalized spacial score (nSPS) is 19.9. The second kappa shape index (κ2) is 5.80. The van der Waals surface area contributed by atoms with Crippen LogP contribution in [0.15, 0.2) is 24.3 Å². The molecule has 2 unspecified atom stereocenters. The van der Waals surface area contributed by atoms with Crippen molar-refractivity contribution in [2.45, 2.75) is 46.1 Å². The Balaban J connectivity index is 1.96. The molecule has 1 saturated heterocycles. The SMILES string of the molecule is CC(C(=O)O)C1CN(C(C)c2ccc(C(C)(C)C)cc2)C1. The molecule has 1 fully saturated rings. The molecule has 116 valence electrons. The first kappa shape index (κ1) is 16.0. The number of carbonyl (C=O) groups is 1. The maximum atomic E-state index is 11.0. The van der Waals surface area contributed by atoms with Crippen molar-refractivity contribution < 1.29 is 9.90 Å². The van der Waals surface area contributed by atoms with Crippen molar-refractivity contribution in [3.8, 4) is 0 Å². The molecule has 0 radical (unpaired) electrons. The van der Waals surface area contributed by atoms with E-state index in [9.17, 15) is 4.79 Å². The average molecular weight is 289 g/mol. The van der Waals surface area contributed by atoms with E-state index < -0.39 is 5.97 Å². The third kappa shape index (κ3) is 3.46. The average Bonchev–Trinajstić information content (AvgIpc) is 2.35. The number of likely N-dealkylation sites (tertiary alicyclic amines) is 1. The summed E-state index contributed by atoms with van der Waals surface area (Å²) in [4.78, 5) is 13.4. The van der Waals surface area contributed by atoms with Gasteiger partial charge in [-0.1, -0.05) is 52.0 Å². The summed E-state index contributed by atoms with van der Waals surface area (Å²) in [6, 6.07) is 9.20. The van der Waals surface area contributed by atoms with E-state index in [2.05, 4.69) is 56.9 Å². The van der Waals surface area contributed by atoms with E-state index in [0.717, 1.165) is 13.1 Å². The molecule has 1 aromatic rings. The molecule has 0 aromatic heterocycles. The number of hydrogen-bond acceptors (Lipinski definition) is 2. The van der Waals surface area contributed by atoms with E-state index in [1.165, 1.54) is 11.1 Å². The summed E-state index contributed by atoms with van der Waals surface area (Å²) in [6.07, 6.45) is 0. The molecular formula is C18H27NO2. The van der Waals surface area contributed by atoms with Gasteiger partial charge in [0.05, 0.1) is 5.92 Å². The second-order valence-corrected chi connectivity index (χ2v) is 7.39. The molecule has 1 aliphatic heterocycles. The number of benzene rings is 1. The molecule has 0 aliphatic carbocycles. The van der Waals surface area contributed by atoms with Gasteiger partial charge >= 0.3 is 5.97 Å². The van der Waals surface area contributed by atoms with Gasteiger partial charge < -0.3 is 5.11 Å². The largest absolute Gasteiger partial charge is 0.481 e. The third-order valence-electron chi connectivity index (χ3n) is 4.84. The highest BCUT2D eigenvalue weighted by molar-refractivity contribution is 5.70. The first-order valence-electron chi connectivity index (χ1n) is 7.77. The zero-order valence-electron chi connectivity index (χ0n) is 13.8. The monoisotopic (exact) mass is 289 g/mol. The van der Waals surface area contributed by atoms with Gasteiger partial charge in [-0.15, -0.1) is 0 Å². The van der Waals surface area contributed by atoms with Gasteiger partial charge in [-0.05, 0) is 29.4 Å². The van der Waals surface area contributed by atoms with Crippen molar-refractivity contribution in [3.63, 3.8) is 0 Å². The molecule has 0 saturated carbocycles. The molecule has 1 N–H and O–H groups in total. The molecule has 2 rings (SSSR count). The number of rotatable bonds is 4. The fourth-order valence-electron chi connectivity index (χ4n) is 2.86. The number of aliphatic carboxylic acids is 1. The van der Waals surface area contributed by atoms with Crippen LogP contribution in [0.5, 0.6) is 0 Å². The summed E-state index contributed by atoms with van der Waals surface area (Å²) < 4.78 is 0. The first-order valence-corrected chi connectivity index (χ1v) is 7.77. The predicted molar refractivity (Wildman–Crippen MR) is 85.4 cm³/mol. The van der Waals surface area contributed by atoms with Gasteiger partial charge in [-0.2, -0.15) is 0 Å². The molecule has 3 nitrogen and oxygen atoms in total. The Labute approximate surface area is 128 Å². The third-order valence-corrected chi connectivity index (χ3v) is 4.84. The van der Waals surface area contributed by atoms with Crippen molar-refractivity contribution in [2.24, 2.45) is 11.8 Å². The lowest BCUT2D eigenvalue weighted by Gasteiger charge is -2.45. The summed E-state index contributed by atoms with van der Waals surface area (Å²) in [7, 11) is 0. The van der Waals surface area contributed by atoms with Crippen molar-refractivity contribution in [1.29, 1.82) is 0 Å². The lowest BCUT2D eigenvalue weighted by atomic mass is 9.84. The standard InChI is InChI=1S/C18H27NO2/c1-12(17(20)21)15-10-19(11-15)13(2)14-6-8-16(9-7-14)18(3,4)5/h6-9,12-13,15H,10-11H2,1-5H3,(H,20,21). The molecule has 2 atom stereocenters. The van der Waals surface area contributed by atoms with Crippen LogP contribution in [0.25, 0.3) is 0 Å². The number of hydrogen-bond donors (Lipinski definition) is 1. The zero-order chi connectivity index (χ0) is 15.8. The van der Waals surface area contributed by atoms with Crippen LogP contribution in [0.1, 0.15) is 51.8 Å². The van der Waals surface area contributed by atoms with Crippen LogP contribution in [0.2, 0.25) is 0 Å². The minimum Gasteiger partial charge on any atom is -0.481 e. The van der Waals surface area contributed by atoms with Crippen LogP contribution in [-0.4, -0.2) is 29.1 Å². The van der Waals surface area contributed by atoms with E-state index in [4.69, 9.17) is 5.11 Å². The van der Waals surface area contributed by atoms with Gasteiger partial charge in [0, 0.05) is 19.1 Å². The van der Waals surface area contributed by atoms with Crippen LogP contribution in [0.3, 0.4) is 0 Å². The molecule has 1 aromatic carbocycles. The topological polar surface area (TPSA) is 40.5 Å². The smallest absolute Gasteiger partial charge is 0.306 e. The summed E-state index contributed by atoms with van der Waals surface area (Å²) in [6.45, 7) is 12.4. The molecule has 0 bridgehead atoms. The van der Waals surface area contributed by atoms with Crippen molar-refractivity contribution in [3.05, 3.63) is 35.4 Å². The maximum absolute atomic E-state index is 11.0. The maximum Gasteiger partial charge on any atom is 0.306 e. The Kier molecular flexibility index (Phi) is 4.43. The second-order valence-electron chi connectivity index (χ2n) is 7.39. The number of nitrogens with zero attached hydrogens (tertiary/aromatic N) is 1. The highest BCUT2D eigenvalue weighted by atomic mass is 16.4. The minimum atomic E-state index is -0.679. The zero-order valence-corrected chi connectivity index (χ0v) is 13.8. The van der Waals surface area contributed by atoms with Crippen molar-refractivity contribution >= 4 is 5.97 Å². The Morgan fingerprint density at radius 2 is 1.71 bits per heavy atom. The summed E-state index contributed by atoms with van der Waals surface area (Å²) in [5.41, 5.74) is 2.84. The summed E-state index contributed by atoms with van der Waals surface area (Å²) >= 11 is 0.